The number of methoxy groups -OCH3 is 1. The summed E-state index contributed by atoms with van der Waals surface area (Å²) in [7, 11) is 1.68. The number of nitrogens with one attached hydrogen (secondary N) is 2. The molecule has 0 atom stereocenters. The molecule has 2 aromatic rings. The predicted octanol–water partition coefficient (Wildman–Crippen LogP) is 2.81. The monoisotopic (exact) mass is 393 g/mol. The van der Waals surface area contributed by atoms with Crippen molar-refractivity contribution in [3.63, 3.8) is 0 Å². The normalized spacial score (nSPS) is 10.0. The number of halogens is 2. The molecule has 1 aromatic carbocycles. The third-order valence-electron chi connectivity index (χ3n) is 3.24. The van der Waals surface area contributed by atoms with Crippen LogP contribution in [-0.2, 0) is 16.0 Å². The maximum absolute atomic E-state index is 11.7. The van der Waals surface area contributed by atoms with Crippen LogP contribution in [0.4, 0.5) is 0 Å². The number of carbonyl (C=O) groups is 1. The molecule has 24 heavy (non-hydrogen) atoms. The molecule has 8 heteroatoms. The highest BCUT2D eigenvalue weighted by Gasteiger charge is 2.05. The van der Waals surface area contributed by atoms with Crippen molar-refractivity contribution >= 4 is 52.3 Å². The number of carbonyl (C=O) groups excluding carboxylic acids is 1. The predicted molar refractivity (Wildman–Crippen MR) is 105 cm³/mol. The van der Waals surface area contributed by atoms with Crippen LogP contribution in [0.3, 0.4) is 0 Å². The Bertz CT molecular complexity index is 562. The van der Waals surface area contributed by atoms with Crippen LogP contribution in [0, 0.1) is 0 Å². The Hall–Kier alpha value is -0.920. The SMILES string of the molecule is COCCNCCNC(=O)CCCc1nc2ccccc2s1.Cl.Cl. The minimum atomic E-state index is 0. The quantitative estimate of drug-likeness (QED) is 0.609. The second-order valence-electron chi connectivity index (χ2n) is 5.02. The Labute approximate surface area is 159 Å². The first-order chi connectivity index (χ1) is 10.8. The fourth-order valence-electron chi connectivity index (χ4n) is 2.10. The van der Waals surface area contributed by atoms with E-state index < -0.39 is 0 Å². The topological polar surface area (TPSA) is 63.2 Å². The van der Waals surface area contributed by atoms with Crippen molar-refractivity contribution < 1.29 is 9.53 Å². The van der Waals surface area contributed by atoms with Gasteiger partial charge < -0.3 is 15.4 Å². The minimum Gasteiger partial charge on any atom is -0.383 e. The van der Waals surface area contributed by atoms with E-state index >= 15 is 0 Å². The Kier molecular flexibility index (Phi) is 12.9. The van der Waals surface area contributed by atoms with Gasteiger partial charge in [0.15, 0.2) is 0 Å². The molecule has 0 fully saturated rings. The lowest BCUT2D eigenvalue weighted by Crippen LogP contribution is -2.32. The Morgan fingerprint density at radius 3 is 2.75 bits per heavy atom. The lowest BCUT2D eigenvalue weighted by Gasteiger charge is -2.06. The summed E-state index contributed by atoms with van der Waals surface area (Å²) in [5.41, 5.74) is 1.05. The van der Waals surface area contributed by atoms with Gasteiger partial charge in [-0.25, -0.2) is 4.98 Å². The molecule has 0 saturated carbocycles. The van der Waals surface area contributed by atoms with Crippen molar-refractivity contribution in [1.82, 2.24) is 15.6 Å². The highest BCUT2D eigenvalue weighted by molar-refractivity contribution is 7.18. The van der Waals surface area contributed by atoms with Crippen molar-refractivity contribution in [2.75, 3.05) is 33.4 Å². The molecule has 2 N–H and O–H groups in total. The van der Waals surface area contributed by atoms with Gasteiger partial charge in [0.2, 0.25) is 5.91 Å². The van der Waals surface area contributed by atoms with E-state index in [0.717, 1.165) is 36.5 Å². The van der Waals surface area contributed by atoms with Crippen molar-refractivity contribution in [3.8, 4) is 0 Å². The number of amides is 1. The fourth-order valence-corrected chi connectivity index (χ4v) is 3.11. The number of benzene rings is 1. The van der Waals surface area contributed by atoms with Gasteiger partial charge in [-0.3, -0.25) is 4.79 Å². The molecule has 136 valence electrons. The van der Waals surface area contributed by atoms with E-state index in [0.29, 0.717) is 19.6 Å². The zero-order chi connectivity index (χ0) is 15.6. The van der Waals surface area contributed by atoms with Gasteiger partial charge in [-0.2, -0.15) is 0 Å². The standard InChI is InChI=1S/C16H23N3O2S.2ClH/c1-21-12-11-17-9-10-18-15(20)7-4-8-16-19-13-5-2-3-6-14(13)22-16;;/h2-3,5-6,17H,4,7-12H2,1H3,(H,18,20);2*1H. The van der Waals surface area contributed by atoms with Crippen LogP contribution in [0.5, 0.6) is 0 Å². The molecule has 0 aliphatic carbocycles. The molecule has 0 bridgehead atoms. The smallest absolute Gasteiger partial charge is 0.220 e. The highest BCUT2D eigenvalue weighted by Crippen LogP contribution is 2.22. The summed E-state index contributed by atoms with van der Waals surface area (Å²) in [6.45, 7) is 2.93. The largest absolute Gasteiger partial charge is 0.383 e. The number of aromatic nitrogens is 1. The van der Waals surface area contributed by atoms with Crippen molar-refractivity contribution in [2.45, 2.75) is 19.3 Å². The van der Waals surface area contributed by atoms with Crippen molar-refractivity contribution in [2.24, 2.45) is 0 Å². The van der Waals surface area contributed by atoms with Gasteiger partial charge in [0, 0.05) is 33.2 Å². The molecule has 0 radical (unpaired) electrons. The summed E-state index contributed by atoms with van der Waals surface area (Å²) in [5, 5.41) is 7.21. The summed E-state index contributed by atoms with van der Waals surface area (Å²) in [4.78, 5) is 16.3. The van der Waals surface area contributed by atoms with Gasteiger partial charge in [-0.15, -0.1) is 36.2 Å². The third kappa shape index (κ3) is 8.26. The number of hydrogen-bond acceptors (Lipinski definition) is 5. The second-order valence-corrected chi connectivity index (χ2v) is 6.14. The molecule has 0 saturated heterocycles. The molecule has 0 aliphatic rings. The van der Waals surface area contributed by atoms with Crippen LogP contribution in [-0.4, -0.2) is 44.2 Å². The molecule has 1 heterocycles. The number of fused-ring (bicyclic) bond motifs is 1. The average Bonchev–Trinajstić information content (AvgIpc) is 2.93. The lowest BCUT2D eigenvalue weighted by molar-refractivity contribution is -0.121. The van der Waals surface area contributed by atoms with E-state index in [4.69, 9.17) is 4.74 Å². The number of thiazole rings is 1. The van der Waals surface area contributed by atoms with Crippen LogP contribution in [0.15, 0.2) is 24.3 Å². The lowest BCUT2D eigenvalue weighted by atomic mass is 10.2. The number of ether oxygens (including phenoxy) is 1. The van der Waals surface area contributed by atoms with E-state index in [1.54, 1.807) is 18.4 Å². The molecule has 0 spiro atoms. The Balaban J connectivity index is 0.00000264. The second kappa shape index (κ2) is 13.4. The first kappa shape index (κ1) is 23.1. The zero-order valence-corrected chi connectivity index (χ0v) is 16.2. The van der Waals surface area contributed by atoms with Crippen molar-refractivity contribution in [3.05, 3.63) is 29.3 Å². The molecule has 0 unspecified atom stereocenters. The van der Waals surface area contributed by atoms with Crippen LogP contribution >= 0.6 is 36.2 Å². The van der Waals surface area contributed by atoms with E-state index in [9.17, 15) is 4.79 Å². The van der Waals surface area contributed by atoms with E-state index in [-0.39, 0.29) is 30.7 Å². The number of nitrogens with zero attached hydrogens (tertiary/aromatic N) is 1. The Morgan fingerprint density at radius 1 is 1.21 bits per heavy atom. The van der Waals surface area contributed by atoms with E-state index in [1.165, 1.54) is 4.70 Å². The maximum Gasteiger partial charge on any atom is 0.220 e. The van der Waals surface area contributed by atoms with Crippen LogP contribution in [0.1, 0.15) is 17.8 Å². The molecule has 5 nitrogen and oxygen atoms in total. The van der Waals surface area contributed by atoms with Gasteiger partial charge in [0.25, 0.3) is 0 Å². The third-order valence-corrected chi connectivity index (χ3v) is 4.34. The summed E-state index contributed by atoms with van der Waals surface area (Å²) < 4.78 is 6.14. The summed E-state index contributed by atoms with van der Waals surface area (Å²) >= 11 is 1.71. The first-order valence-corrected chi connectivity index (χ1v) is 8.42. The van der Waals surface area contributed by atoms with Gasteiger partial charge in [0.1, 0.15) is 0 Å². The number of aryl methyl sites for hydroxylation is 1. The van der Waals surface area contributed by atoms with Gasteiger partial charge in [-0.1, -0.05) is 12.1 Å². The molecule has 1 aromatic heterocycles. The highest BCUT2D eigenvalue weighted by atomic mass is 35.5. The molecular formula is C16H25Cl2N3O2S. The van der Waals surface area contributed by atoms with Gasteiger partial charge in [-0.05, 0) is 25.0 Å². The Morgan fingerprint density at radius 2 is 2.00 bits per heavy atom. The number of hydrogen-bond donors (Lipinski definition) is 2. The van der Waals surface area contributed by atoms with Crippen LogP contribution < -0.4 is 10.6 Å². The van der Waals surface area contributed by atoms with Gasteiger partial charge in [0.05, 0.1) is 21.8 Å². The molecule has 1 amide bonds. The van der Waals surface area contributed by atoms with Crippen molar-refractivity contribution in [1.29, 1.82) is 0 Å². The zero-order valence-electron chi connectivity index (χ0n) is 13.7. The maximum atomic E-state index is 11.7. The summed E-state index contributed by atoms with van der Waals surface area (Å²) in [6, 6.07) is 8.14. The fraction of sp³-hybridized carbons (Fsp3) is 0.500. The van der Waals surface area contributed by atoms with E-state index in [1.807, 2.05) is 18.2 Å². The van der Waals surface area contributed by atoms with Crippen LogP contribution in [0.25, 0.3) is 10.2 Å². The molecule has 2 rings (SSSR count). The molecular weight excluding hydrogens is 369 g/mol. The minimum absolute atomic E-state index is 0. The summed E-state index contributed by atoms with van der Waals surface area (Å²) in [6.07, 6.45) is 2.25. The number of para-hydroxylation sites is 1. The molecule has 0 aliphatic heterocycles. The summed E-state index contributed by atoms with van der Waals surface area (Å²) in [5.74, 6) is 0.106. The van der Waals surface area contributed by atoms with Gasteiger partial charge >= 0.3 is 0 Å². The van der Waals surface area contributed by atoms with E-state index in [2.05, 4.69) is 21.7 Å². The average molecular weight is 394 g/mol. The van der Waals surface area contributed by atoms with Crippen LogP contribution in [0.2, 0.25) is 0 Å². The first-order valence-electron chi connectivity index (χ1n) is 7.60. The number of rotatable bonds is 10.